The van der Waals surface area contributed by atoms with Crippen LogP contribution in [0.4, 0.5) is 11.4 Å². The van der Waals surface area contributed by atoms with Gasteiger partial charge in [-0.05, 0) is 37.1 Å². The summed E-state index contributed by atoms with van der Waals surface area (Å²) in [4.78, 5) is 6.64. The second-order valence-electron chi connectivity index (χ2n) is 5.28. The van der Waals surface area contributed by atoms with Crippen molar-refractivity contribution in [2.24, 2.45) is 16.6 Å². The van der Waals surface area contributed by atoms with Crippen LogP contribution in [0.25, 0.3) is 0 Å². The summed E-state index contributed by atoms with van der Waals surface area (Å²) < 4.78 is 0. The molecule has 1 fully saturated rings. The second-order valence-corrected chi connectivity index (χ2v) is 5.28. The third kappa shape index (κ3) is 3.25. The van der Waals surface area contributed by atoms with Gasteiger partial charge in [0.05, 0.1) is 5.69 Å². The topological polar surface area (TPSA) is 41.6 Å². The molecule has 3 nitrogen and oxygen atoms in total. The molecule has 0 spiro atoms. The molecular formula is C15H23N3. The van der Waals surface area contributed by atoms with Gasteiger partial charge in [-0.25, -0.2) is 4.99 Å². The molecule has 98 valence electrons. The van der Waals surface area contributed by atoms with Gasteiger partial charge in [0.2, 0.25) is 0 Å². The Morgan fingerprint density at radius 2 is 1.72 bits per heavy atom. The molecule has 0 amide bonds. The summed E-state index contributed by atoms with van der Waals surface area (Å²) in [6.45, 7) is 0. The molecule has 1 aliphatic rings. The molecule has 1 saturated carbocycles. The molecule has 0 heterocycles. The van der Waals surface area contributed by atoms with Gasteiger partial charge in [-0.15, -0.1) is 0 Å². The quantitative estimate of drug-likeness (QED) is 0.655. The van der Waals surface area contributed by atoms with Crippen molar-refractivity contribution in [2.75, 3.05) is 19.0 Å². The van der Waals surface area contributed by atoms with E-state index in [2.05, 4.69) is 22.0 Å². The van der Waals surface area contributed by atoms with Crippen LogP contribution < -0.4 is 10.6 Å². The van der Waals surface area contributed by atoms with Crippen molar-refractivity contribution in [3.05, 3.63) is 24.3 Å². The first kappa shape index (κ1) is 12.9. The molecule has 18 heavy (non-hydrogen) atoms. The van der Waals surface area contributed by atoms with Crippen LogP contribution in [0.15, 0.2) is 29.3 Å². The first-order valence-electron chi connectivity index (χ1n) is 6.78. The molecule has 2 rings (SSSR count). The number of nitrogens with two attached hydrogens (primary N) is 1. The van der Waals surface area contributed by atoms with Gasteiger partial charge < -0.3 is 10.6 Å². The zero-order valence-electron chi connectivity index (χ0n) is 11.4. The molecule has 0 radical (unpaired) electrons. The monoisotopic (exact) mass is 245 g/mol. The highest BCUT2D eigenvalue weighted by Crippen LogP contribution is 2.25. The van der Waals surface area contributed by atoms with Gasteiger partial charge in [-0.2, -0.15) is 0 Å². The predicted octanol–water partition coefficient (Wildman–Crippen LogP) is 3.32. The lowest BCUT2D eigenvalue weighted by Gasteiger charge is -2.20. The summed E-state index contributed by atoms with van der Waals surface area (Å²) in [5.41, 5.74) is 8.26. The summed E-state index contributed by atoms with van der Waals surface area (Å²) >= 11 is 0. The summed E-state index contributed by atoms with van der Waals surface area (Å²) in [6, 6.07) is 8.22. The molecule has 0 aliphatic heterocycles. The summed E-state index contributed by atoms with van der Waals surface area (Å²) in [6.07, 6.45) is 6.33. The van der Waals surface area contributed by atoms with Gasteiger partial charge in [0.1, 0.15) is 5.84 Å². The van der Waals surface area contributed by atoms with Gasteiger partial charge >= 0.3 is 0 Å². The summed E-state index contributed by atoms with van der Waals surface area (Å²) in [7, 11) is 4.07. The third-order valence-electron chi connectivity index (χ3n) is 3.65. The molecule has 0 unspecified atom stereocenters. The minimum Gasteiger partial charge on any atom is -0.387 e. The maximum atomic E-state index is 6.12. The number of hydrogen-bond donors (Lipinski definition) is 1. The standard InChI is InChI=1S/C15H23N3/c1-18(2)14-10-8-13(9-11-14)17-15(16)12-6-4-3-5-7-12/h8-12H,3-7H2,1-2H3,(H2,16,17). The minimum absolute atomic E-state index is 0.493. The van der Waals surface area contributed by atoms with Gasteiger partial charge in [0.15, 0.2) is 0 Å². The summed E-state index contributed by atoms with van der Waals surface area (Å²) in [5, 5.41) is 0. The fraction of sp³-hybridized carbons (Fsp3) is 0.533. The third-order valence-corrected chi connectivity index (χ3v) is 3.65. The van der Waals surface area contributed by atoms with Crippen molar-refractivity contribution in [2.45, 2.75) is 32.1 Å². The molecule has 0 saturated heterocycles. The molecule has 1 aliphatic carbocycles. The number of benzene rings is 1. The molecule has 0 aromatic heterocycles. The van der Waals surface area contributed by atoms with Crippen LogP contribution in [0.3, 0.4) is 0 Å². The Labute approximate surface area is 110 Å². The van der Waals surface area contributed by atoms with E-state index >= 15 is 0 Å². The SMILES string of the molecule is CN(C)c1ccc(N=C(N)C2CCCCC2)cc1. The fourth-order valence-corrected chi connectivity index (χ4v) is 2.46. The van der Waals surface area contributed by atoms with Gasteiger partial charge in [0.25, 0.3) is 0 Å². The van der Waals surface area contributed by atoms with Crippen molar-refractivity contribution in [3.8, 4) is 0 Å². The van der Waals surface area contributed by atoms with Gasteiger partial charge in [-0.1, -0.05) is 19.3 Å². The highest BCUT2D eigenvalue weighted by atomic mass is 15.1. The predicted molar refractivity (Wildman–Crippen MR) is 78.6 cm³/mol. The number of rotatable bonds is 3. The van der Waals surface area contributed by atoms with Crippen LogP contribution >= 0.6 is 0 Å². The average molecular weight is 245 g/mol. The molecule has 2 N–H and O–H groups in total. The Hall–Kier alpha value is -1.51. The highest BCUT2D eigenvalue weighted by Gasteiger charge is 2.16. The highest BCUT2D eigenvalue weighted by molar-refractivity contribution is 5.85. The van der Waals surface area contributed by atoms with E-state index in [0.717, 1.165) is 11.5 Å². The first-order chi connectivity index (χ1) is 8.66. The van der Waals surface area contributed by atoms with Gasteiger partial charge in [0, 0.05) is 25.7 Å². The average Bonchev–Trinajstić information content (AvgIpc) is 2.40. The first-order valence-corrected chi connectivity index (χ1v) is 6.78. The number of aliphatic imine (C=N–C) groups is 1. The Balaban J connectivity index is 2.06. The normalized spacial score (nSPS) is 17.8. The molecule has 1 aromatic rings. The van der Waals surface area contributed by atoms with Crippen molar-refractivity contribution < 1.29 is 0 Å². The van der Waals surface area contributed by atoms with Gasteiger partial charge in [-0.3, -0.25) is 0 Å². The Morgan fingerprint density at radius 3 is 2.28 bits per heavy atom. The summed E-state index contributed by atoms with van der Waals surface area (Å²) in [5.74, 6) is 1.31. The zero-order valence-corrected chi connectivity index (χ0v) is 11.4. The van der Waals surface area contributed by atoms with E-state index in [-0.39, 0.29) is 0 Å². The minimum atomic E-state index is 0.493. The van der Waals surface area contributed by atoms with Crippen molar-refractivity contribution in [1.82, 2.24) is 0 Å². The largest absolute Gasteiger partial charge is 0.387 e. The smallest absolute Gasteiger partial charge is 0.103 e. The zero-order chi connectivity index (χ0) is 13.0. The Bertz CT molecular complexity index is 400. The van der Waals surface area contributed by atoms with Crippen LogP contribution in [0.5, 0.6) is 0 Å². The van der Waals surface area contributed by atoms with E-state index in [4.69, 9.17) is 5.73 Å². The molecule has 0 atom stereocenters. The molecular weight excluding hydrogens is 222 g/mol. The molecule has 0 bridgehead atoms. The van der Waals surface area contributed by atoms with Crippen molar-refractivity contribution in [1.29, 1.82) is 0 Å². The van der Waals surface area contributed by atoms with Crippen LogP contribution in [0, 0.1) is 5.92 Å². The Kier molecular flexibility index (Phi) is 4.24. The second kappa shape index (κ2) is 5.89. The van der Waals surface area contributed by atoms with E-state index < -0.39 is 0 Å². The van der Waals surface area contributed by atoms with Crippen LogP contribution in [0.1, 0.15) is 32.1 Å². The molecule has 3 heteroatoms. The number of nitrogens with zero attached hydrogens (tertiary/aromatic N) is 2. The lowest BCUT2D eigenvalue weighted by molar-refractivity contribution is 0.437. The number of anilines is 1. The van der Waals surface area contributed by atoms with E-state index in [1.165, 1.54) is 37.8 Å². The number of hydrogen-bond acceptors (Lipinski definition) is 2. The van der Waals surface area contributed by atoms with E-state index in [1.807, 2.05) is 26.2 Å². The van der Waals surface area contributed by atoms with E-state index in [9.17, 15) is 0 Å². The van der Waals surface area contributed by atoms with Crippen LogP contribution in [0.2, 0.25) is 0 Å². The lowest BCUT2D eigenvalue weighted by atomic mass is 9.88. The maximum absolute atomic E-state index is 6.12. The van der Waals surface area contributed by atoms with Crippen LogP contribution in [-0.4, -0.2) is 19.9 Å². The van der Waals surface area contributed by atoms with E-state index in [1.54, 1.807) is 0 Å². The number of amidine groups is 1. The van der Waals surface area contributed by atoms with E-state index in [0.29, 0.717) is 5.92 Å². The Morgan fingerprint density at radius 1 is 1.11 bits per heavy atom. The lowest BCUT2D eigenvalue weighted by Crippen LogP contribution is -2.25. The van der Waals surface area contributed by atoms with Crippen molar-refractivity contribution in [3.63, 3.8) is 0 Å². The maximum Gasteiger partial charge on any atom is 0.103 e. The fourth-order valence-electron chi connectivity index (χ4n) is 2.46. The molecule has 1 aromatic carbocycles. The van der Waals surface area contributed by atoms with Crippen LogP contribution in [-0.2, 0) is 0 Å². The van der Waals surface area contributed by atoms with Crippen molar-refractivity contribution >= 4 is 17.2 Å².